The van der Waals surface area contributed by atoms with Gasteiger partial charge in [0.05, 0.1) is 29.7 Å². The number of halogens is 5. The van der Waals surface area contributed by atoms with Crippen molar-refractivity contribution in [1.29, 1.82) is 0 Å². The molecule has 7 nitrogen and oxygen atoms in total. The van der Waals surface area contributed by atoms with E-state index < -0.39 is 48.7 Å². The van der Waals surface area contributed by atoms with Gasteiger partial charge in [-0.1, -0.05) is 11.6 Å². The lowest BCUT2D eigenvalue weighted by atomic mass is 9.91. The van der Waals surface area contributed by atoms with E-state index in [9.17, 15) is 27.2 Å². The maximum Gasteiger partial charge on any atom is 0.392 e. The molecule has 2 aromatic rings. The molecule has 0 N–H and O–H groups in total. The zero-order valence-corrected chi connectivity index (χ0v) is 16.4. The summed E-state index contributed by atoms with van der Waals surface area (Å²) < 4.78 is 56.0. The van der Waals surface area contributed by atoms with Crippen molar-refractivity contribution >= 4 is 17.5 Å². The molecule has 0 spiro atoms. The minimum absolute atomic E-state index is 0.0795. The van der Waals surface area contributed by atoms with Crippen molar-refractivity contribution in [3.05, 3.63) is 45.4 Å². The fraction of sp³-hybridized carbons (Fsp3) is 0.556. The van der Waals surface area contributed by atoms with Gasteiger partial charge in [0.2, 0.25) is 5.91 Å². The van der Waals surface area contributed by atoms with E-state index in [2.05, 4.69) is 10.1 Å². The number of hydrogen-bond acceptors (Lipinski definition) is 4. The average Bonchev–Trinajstić information content (AvgIpc) is 3.25. The zero-order chi connectivity index (χ0) is 21.6. The second-order valence-electron chi connectivity index (χ2n) is 7.56. The van der Waals surface area contributed by atoms with Gasteiger partial charge in [0.1, 0.15) is 18.0 Å². The Morgan fingerprint density at radius 1 is 1.30 bits per heavy atom. The van der Waals surface area contributed by atoms with Crippen molar-refractivity contribution in [3.8, 4) is 0 Å². The number of rotatable bonds is 3. The lowest BCUT2D eigenvalue weighted by molar-refractivity contribution is -0.183. The molecule has 12 heteroatoms. The molecule has 2 aliphatic rings. The number of carbonyl (C=O) groups is 1. The van der Waals surface area contributed by atoms with Crippen LogP contribution < -0.4 is 5.69 Å². The fourth-order valence-electron chi connectivity index (χ4n) is 3.94. The van der Waals surface area contributed by atoms with Crippen LogP contribution >= 0.6 is 11.6 Å². The van der Waals surface area contributed by atoms with Crippen molar-refractivity contribution in [2.24, 2.45) is 5.92 Å². The van der Waals surface area contributed by atoms with Crippen LogP contribution in [0.2, 0.25) is 5.02 Å². The Balaban J connectivity index is 1.70. The number of alkyl halides is 4. The number of amides is 1. The molecule has 4 rings (SSSR count). The van der Waals surface area contributed by atoms with Crippen molar-refractivity contribution in [1.82, 2.24) is 24.2 Å². The predicted molar refractivity (Wildman–Crippen MR) is 97.8 cm³/mol. The van der Waals surface area contributed by atoms with Gasteiger partial charge in [-0.15, -0.1) is 0 Å². The summed E-state index contributed by atoms with van der Waals surface area (Å²) in [5.41, 5.74) is -0.260. The first-order chi connectivity index (χ1) is 14.1. The monoisotopic (exact) mass is 447 g/mol. The molecule has 2 aliphatic heterocycles. The molecular weight excluding hydrogens is 430 g/mol. The molecule has 1 amide bonds. The van der Waals surface area contributed by atoms with Crippen molar-refractivity contribution in [2.75, 3.05) is 13.1 Å². The average molecular weight is 448 g/mol. The SMILES string of the molecule is O=C([C@H]1C[C@@H](C(F)(F)F)Cc2nn(Cc3ccc(Cl)cn3)c(=O)n21)N1CC[C@H](F)C1. The molecule has 162 valence electrons. The summed E-state index contributed by atoms with van der Waals surface area (Å²) in [4.78, 5) is 31.1. The second kappa shape index (κ2) is 7.68. The molecule has 30 heavy (non-hydrogen) atoms. The first-order valence-corrected chi connectivity index (χ1v) is 9.79. The molecule has 4 heterocycles. The Bertz CT molecular complexity index is 1000. The number of hydrogen-bond donors (Lipinski definition) is 0. The van der Waals surface area contributed by atoms with E-state index in [4.69, 9.17) is 11.6 Å². The highest BCUT2D eigenvalue weighted by Crippen LogP contribution is 2.39. The van der Waals surface area contributed by atoms with Crippen LogP contribution in [0.25, 0.3) is 0 Å². The van der Waals surface area contributed by atoms with E-state index in [0.29, 0.717) is 10.7 Å². The van der Waals surface area contributed by atoms with E-state index in [1.165, 1.54) is 11.1 Å². The summed E-state index contributed by atoms with van der Waals surface area (Å²) in [6.45, 7) is -0.150. The van der Waals surface area contributed by atoms with Gasteiger partial charge in [-0.2, -0.15) is 18.3 Å². The minimum atomic E-state index is -4.55. The summed E-state index contributed by atoms with van der Waals surface area (Å²) in [7, 11) is 0. The smallest absolute Gasteiger partial charge is 0.338 e. The van der Waals surface area contributed by atoms with Crippen molar-refractivity contribution in [2.45, 2.75) is 44.2 Å². The molecule has 0 unspecified atom stereocenters. The van der Waals surface area contributed by atoms with Gasteiger partial charge in [-0.05, 0) is 25.0 Å². The Labute approximate surface area is 173 Å². The topological polar surface area (TPSA) is 73.0 Å². The Morgan fingerprint density at radius 2 is 2.07 bits per heavy atom. The van der Waals surface area contributed by atoms with Gasteiger partial charge in [0.25, 0.3) is 0 Å². The van der Waals surface area contributed by atoms with Crippen LogP contribution in [0.1, 0.15) is 30.4 Å². The summed E-state index contributed by atoms with van der Waals surface area (Å²) in [6.07, 6.45) is -5.33. The maximum absolute atomic E-state index is 13.5. The Hall–Kier alpha value is -2.43. The minimum Gasteiger partial charge on any atom is -0.338 e. The number of likely N-dealkylation sites (tertiary alicyclic amines) is 1. The summed E-state index contributed by atoms with van der Waals surface area (Å²) in [5, 5.41) is 4.45. The van der Waals surface area contributed by atoms with E-state index in [0.717, 1.165) is 9.25 Å². The molecule has 3 atom stereocenters. The number of aromatic nitrogens is 4. The highest BCUT2D eigenvalue weighted by molar-refractivity contribution is 6.30. The number of nitrogens with zero attached hydrogens (tertiary/aromatic N) is 5. The van der Waals surface area contributed by atoms with Crippen LogP contribution in [-0.2, 0) is 17.8 Å². The molecule has 1 fully saturated rings. The van der Waals surface area contributed by atoms with Gasteiger partial charge in [-0.25, -0.2) is 13.9 Å². The van der Waals surface area contributed by atoms with Gasteiger partial charge in [0.15, 0.2) is 0 Å². The predicted octanol–water partition coefficient (Wildman–Crippen LogP) is 2.38. The third-order valence-corrected chi connectivity index (χ3v) is 5.70. The van der Waals surface area contributed by atoms with Gasteiger partial charge < -0.3 is 4.90 Å². The van der Waals surface area contributed by atoms with Crippen molar-refractivity contribution < 1.29 is 22.4 Å². The Morgan fingerprint density at radius 3 is 2.67 bits per heavy atom. The van der Waals surface area contributed by atoms with Gasteiger partial charge in [0, 0.05) is 19.2 Å². The summed E-state index contributed by atoms with van der Waals surface area (Å²) >= 11 is 5.79. The van der Waals surface area contributed by atoms with Crippen LogP contribution in [-0.4, -0.2) is 55.6 Å². The molecule has 0 radical (unpaired) electrons. The molecule has 1 saturated heterocycles. The van der Waals surface area contributed by atoms with Crippen LogP contribution in [0.15, 0.2) is 23.1 Å². The number of fused-ring (bicyclic) bond motifs is 1. The standard InChI is InChI=1S/C18H18ClF4N5O2/c19-11-1-2-13(24-7-11)9-27-17(30)28-14(16(29)26-4-3-12(20)8-26)5-10(18(21,22)23)6-15(28)25-27/h1-2,7,10,12,14H,3-6,8-9H2/t10-,12+,14-/m1/s1. The lowest BCUT2D eigenvalue weighted by Gasteiger charge is -2.32. The van der Waals surface area contributed by atoms with E-state index in [-0.39, 0.29) is 31.9 Å². The number of carbonyl (C=O) groups excluding carboxylic acids is 1. The molecule has 0 aromatic carbocycles. The zero-order valence-electron chi connectivity index (χ0n) is 15.6. The van der Waals surface area contributed by atoms with Crippen LogP contribution in [0.3, 0.4) is 0 Å². The third-order valence-electron chi connectivity index (χ3n) is 5.48. The fourth-order valence-corrected chi connectivity index (χ4v) is 4.05. The largest absolute Gasteiger partial charge is 0.392 e. The van der Waals surface area contributed by atoms with E-state index in [1.54, 1.807) is 12.1 Å². The highest BCUT2D eigenvalue weighted by Gasteiger charge is 2.48. The quantitative estimate of drug-likeness (QED) is 0.677. The summed E-state index contributed by atoms with van der Waals surface area (Å²) in [5.74, 6) is -2.61. The van der Waals surface area contributed by atoms with Crippen LogP contribution in [0.5, 0.6) is 0 Å². The van der Waals surface area contributed by atoms with E-state index >= 15 is 0 Å². The third kappa shape index (κ3) is 3.94. The molecule has 0 saturated carbocycles. The molecular formula is C18H18ClF4N5O2. The first kappa shape index (κ1) is 20.8. The van der Waals surface area contributed by atoms with Crippen LogP contribution in [0, 0.1) is 5.92 Å². The van der Waals surface area contributed by atoms with Gasteiger partial charge >= 0.3 is 11.9 Å². The van der Waals surface area contributed by atoms with E-state index in [1.807, 2.05) is 0 Å². The molecule has 2 aromatic heterocycles. The van der Waals surface area contributed by atoms with Gasteiger partial charge in [-0.3, -0.25) is 14.3 Å². The molecule has 0 aliphatic carbocycles. The van der Waals surface area contributed by atoms with Crippen LogP contribution in [0.4, 0.5) is 17.6 Å². The Kier molecular flexibility index (Phi) is 5.33. The maximum atomic E-state index is 13.5. The first-order valence-electron chi connectivity index (χ1n) is 9.41. The number of pyridine rings is 1. The summed E-state index contributed by atoms with van der Waals surface area (Å²) in [6, 6.07) is 1.77. The molecule has 0 bridgehead atoms. The van der Waals surface area contributed by atoms with Crippen molar-refractivity contribution in [3.63, 3.8) is 0 Å². The second-order valence-corrected chi connectivity index (χ2v) is 8.00. The normalized spacial score (nSPS) is 24.2. The lowest BCUT2D eigenvalue weighted by Crippen LogP contribution is -2.45. The highest BCUT2D eigenvalue weighted by atomic mass is 35.5.